The van der Waals surface area contributed by atoms with E-state index < -0.39 is 21.7 Å². The number of rotatable bonds is 6. The first-order chi connectivity index (χ1) is 12.9. The van der Waals surface area contributed by atoms with Crippen molar-refractivity contribution in [3.63, 3.8) is 0 Å². The van der Waals surface area contributed by atoms with Crippen molar-refractivity contribution in [2.45, 2.75) is 42.7 Å². The lowest BCUT2D eigenvalue weighted by molar-refractivity contribution is 0.132. The zero-order valence-corrected chi connectivity index (χ0v) is 15.4. The maximum Gasteiger partial charge on any atom is 0.278 e. The van der Waals surface area contributed by atoms with Crippen LogP contribution in [0.25, 0.3) is 0 Å². The van der Waals surface area contributed by atoms with Crippen molar-refractivity contribution in [3.05, 3.63) is 42.2 Å². The van der Waals surface area contributed by atoms with Gasteiger partial charge in [0.15, 0.2) is 11.6 Å². The lowest BCUT2D eigenvalue weighted by Crippen LogP contribution is -2.39. The molecule has 1 aromatic carbocycles. The Hall–Kier alpha value is -2.33. The molecule has 3 rings (SSSR count). The van der Waals surface area contributed by atoms with Gasteiger partial charge in [-0.2, -0.15) is 0 Å². The monoisotopic (exact) mass is 399 g/mol. The summed E-state index contributed by atoms with van der Waals surface area (Å²) in [5, 5.41) is 0. The Morgan fingerprint density at radius 3 is 2.33 bits per heavy atom. The van der Waals surface area contributed by atoms with Crippen molar-refractivity contribution in [1.82, 2.24) is 14.7 Å². The highest BCUT2D eigenvalue weighted by atomic mass is 32.2. The minimum absolute atomic E-state index is 0.139. The average molecular weight is 399 g/mol. The molecule has 0 bridgehead atoms. The molecule has 7 nitrogen and oxygen atoms in total. The third-order valence-electron chi connectivity index (χ3n) is 4.30. The molecule has 0 saturated heterocycles. The van der Waals surface area contributed by atoms with Crippen LogP contribution in [0.4, 0.5) is 8.78 Å². The zero-order valence-electron chi connectivity index (χ0n) is 14.6. The van der Waals surface area contributed by atoms with Crippen molar-refractivity contribution in [2.75, 3.05) is 7.11 Å². The number of hydrogen-bond acceptors (Lipinski definition) is 6. The second kappa shape index (κ2) is 8.13. The maximum absolute atomic E-state index is 13.3. The number of benzene rings is 1. The normalized spacial score (nSPS) is 20.3. The van der Waals surface area contributed by atoms with E-state index in [2.05, 4.69) is 14.7 Å². The SMILES string of the molecule is COc1nccnc1OC1CCC(NS(=O)(=O)c2ccc(F)c(F)c2)CC1. The fourth-order valence-electron chi connectivity index (χ4n) is 2.92. The van der Waals surface area contributed by atoms with Crippen LogP contribution in [-0.4, -0.2) is 37.6 Å². The van der Waals surface area contributed by atoms with Crippen molar-refractivity contribution in [1.29, 1.82) is 0 Å². The molecule has 0 spiro atoms. The molecule has 10 heteroatoms. The fraction of sp³-hybridized carbons (Fsp3) is 0.412. The Balaban J connectivity index is 1.58. The van der Waals surface area contributed by atoms with E-state index in [1.165, 1.54) is 19.5 Å². The minimum atomic E-state index is -3.93. The molecule has 1 N–H and O–H groups in total. The maximum atomic E-state index is 13.3. The van der Waals surface area contributed by atoms with Crippen LogP contribution >= 0.6 is 0 Å². The lowest BCUT2D eigenvalue weighted by Gasteiger charge is -2.29. The van der Waals surface area contributed by atoms with Crippen LogP contribution in [0.1, 0.15) is 25.7 Å². The fourth-order valence-corrected chi connectivity index (χ4v) is 4.24. The summed E-state index contributed by atoms with van der Waals surface area (Å²) in [6, 6.07) is 2.19. The van der Waals surface area contributed by atoms with Gasteiger partial charge in [-0.25, -0.2) is 31.9 Å². The van der Waals surface area contributed by atoms with Gasteiger partial charge in [-0.05, 0) is 43.9 Å². The van der Waals surface area contributed by atoms with Gasteiger partial charge in [0.25, 0.3) is 11.8 Å². The molecule has 0 radical (unpaired) electrons. The predicted octanol–water partition coefficient (Wildman–Crippen LogP) is 2.43. The lowest BCUT2D eigenvalue weighted by atomic mass is 9.94. The largest absolute Gasteiger partial charge is 0.477 e. The third-order valence-corrected chi connectivity index (χ3v) is 5.82. The summed E-state index contributed by atoms with van der Waals surface area (Å²) in [5.74, 6) is -1.71. The number of ether oxygens (including phenoxy) is 2. The molecular formula is C17H19F2N3O4S. The molecule has 0 unspecified atom stereocenters. The molecule has 1 fully saturated rings. The van der Waals surface area contributed by atoms with Gasteiger partial charge in [-0.15, -0.1) is 0 Å². The Bertz CT molecular complexity index is 903. The Labute approximate surface area is 155 Å². The van der Waals surface area contributed by atoms with Crippen molar-refractivity contribution in [3.8, 4) is 11.8 Å². The molecule has 1 saturated carbocycles. The van der Waals surface area contributed by atoms with E-state index in [1.807, 2.05) is 0 Å². The molecule has 0 aliphatic heterocycles. The Kier molecular flexibility index (Phi) is 5.85. The van der Waals surface area contributed by atoms with E-state index in [9.17, 15) is 17.2 Å². The second-order valence-corrected chi connectivity index (χ2v) is 7.87. The van der Waals surface area contributed by atoms with Crippen molar-refractivity contribution in [2.24, 2.45) is 0 Å². The first-order valence-electron chi connectivity index (χ1n) is 8.38. The third kappa shape index (κ3) is 4.69. The van der Waals surface area contributed by atoms with E-state index in [-0.39, 0.29) is 17.0 Å². The van der Waals surface area contributed by atoms with Gasteiger partial charge in [0, 0.05) is 18.4 Å². The van der Waals surface area contributed by atoms with E-state index in [1.54, 1.807) is 0 Å². The van der Waals surface area contributed by atoms with Crippen molar-refractivity contribution >= 4 is 10.0 Å². The number of halogens is 2. The number of methoxy groups -OCH3 is 1. The van der Waals surface area contributed by atoms with E-state index >= 15 is 0 Å². The van der Waals surface area contributed by atoms with Gasteiger partial charge >= 0.3 is 0 Å². The van der Waals surface area contributed by atoms with Gasteiger partial charge in [0.1, 0.15) is 6.10 Å². The van der Waals surface area contributed by atoms with Crippen molar-refractivity contribution < 1.29 is 26.7 Å². The molecule has 1 heterocycles. The Morgan fingerprint density at radius 1 is 1.04 bits per heavy atom. The molecule has 27 heavy (non-hydrogen) atoms. The molecule has 1 aliphatic rings. The molecule has 0 atom stereocenters. The van der Waals surface area contributed by atoms with Gasteiger partial charge in [-0.1, -0.05) is 0 Å². The summed E-state index contributed by atoms with van der Waals surface area (Å²) in [6.07, 6.45) is 5.14. The van der Waals surface area contributed by atoms with Crippen LogP contribution in [-0.2, 0) is 10.0 Å². The highest BCUT2D eigenvalue weighted by Gasteiger charge is 2.28. The summed E-state index contributed by atoms with van der Waals surface area (Å²) in [7, 11) is -2.45. The summed E-state index contributed by atoms with van der Waals surface area (Å²) < 4.78 is 64.4. The topological polar surface area (TPSA) is 90.4 Å². The van der Waals surface area contributed by atoms with Gasteiger partial charge in [0.05, 0.1) is 12.0 Å². The Morgan fingerprint density at radius 2 is 1.70 bits per heavy atom. The quantitative estimate of drug-likeness (QED) is 0.802. The number of sulfonamides is 1. The number of hydrogen-bond donors (Lipinski definition) is 1. The smallest absolute Gasteiger partial charge is 0.278 e. The minimum Gasteiger partial charge on any atom is -0.477 e. The van der Waals surface area contributed by atoms with Crippen LogP contribution in [0, 0.1) is 11.6 Å². The van der Waals surface area contributed by atoms with Crippen LogP contribution in [0.2, 0.25) is 0 Å². The van der Waals surface area contributed by atoms with Gasteiger partial charge in [0.2, 0.25) is 10.0 Å². The highest BCUT2D eigenvalue weighted by Crippen LogP contribution is 2.27. The van der Waals surface area contributed by atoms with Crippen LogP contribution in [0.15, 0.2) is 35.5 Å². The first kappa shape index (κ1) is 19.4. The number of aromatic nitrogens is 2. The number of nitrogens with zero attached hydrogens (tertiary/aromatic N) is 2. The molecule has 1 aliphatic carbocycles. The standard InChI is InChI=1S/C17H19F2N3O4S/c1-25-16-17(21-9-8-20-16)26-12-4-2-11(3-5-12)22-27(23,24)13-6-7-14(18)15(19)10-13/h6-12,22H,2-5H2,1H3. The zero-order chi connectivity index (χ0) is 19.4. The average Bonchev–Trinajstić information content (AvgIpc) is 2.65. The van der Waals surface area contributed by atoms with Crippen LogP contribution in [0.5, 0.6) is 11.8 Å². The van der Waals surface area contributed by atoms with E-state index in [0.29, 0.717) is 43.5 Å². The second-order valence-electron chi connectivity index (χ2n) is 6.16. The van der Waals surface area contributed by atoms with Gasteiger partial charge < -0.3 is 9.47 Å². The van der Waals surface area contributed by atoms with Crippen LogP contribution in [0.3, 0.4) is 0 Å². The predicted molar refractivity (Wildman–Crippen MR) is 91.9 cm³/mol. The molecule has 2 aromatic rings. The summed E-state index contributed by atoms with van der Waals surface area (Å²) in [6.45, 7) is 0. The first-order valence-corrected chi connectivity index (χ1v) is 9.86. The summed E-state index contributed by atoms with van der Waals surface area (Å²) in [5.41, 5.74) is 0. The molecule has 1 aromatic heterocycles. The van der Waals surface area contributed by atoms with Crippen LogP contribution < -0.4 is 14.2 Å². The summed E-state index contributed by atoms with van der Waals surface area (Å²) >= 11 is 0. The van der Waals surface area contributed by atoms with E-state index in [0.717, 1.165) is 12.1 Å². The highest BCUT2D eigenvalue weighted by molar-refractivity contribution is 7.89. The summed E-state index contributed by atoms with van der Waals surface area (Å²) in [4.78, 5) is 7.80. The molecule has 146 valence electrons. The molecule has 0 amide bonds. The molecular weight excluding hydrogens is 380 g/mol. The number of nitrogens with one attached hydrogen (secondary N) is 1. The van der Waals surface area contributed by atoms with Gasteiger partial charge in [-0.3, -0.25) is 0 Å². The van der Waals surface area contributed by atoms with E-state index in [4.69, 9.17) is 9.47 Å².